The second kappa shape index (κ2) is 8.41. The Morgan fingerprint density at radius 3 is 2.35 bits per heavy atom. The molecule has 5 heteroatoms. The predicted octanol–water partition coefficient (Wildman–Crippen LogP) is 3.92. The van der Waals surface area contributed by atoms with Gasteiger partial charge in [-0.1, -0.05) is 12.1 Å². The zero-order valence-corrected chi connectivity index (χ0v) is 15.6. The van der Waals surface area contributed by atoms with Gasteiger partial charge < -0.3 is 14.2 Å². The van der Waals surface area contributed by atoms with Gasteiger partial charge in [-0.15, -0.1) is 0 Å². The number of methoxy groups -OCH3 is 3. The molecule has 0 radical (unpaired) electrons. The van der Waals surface area contributed by atoms with Crippen LogP contribution in [-0.2, 0) is 13.0 Å². The Balaban J connectivity index is 1.60. The maximum absolute atomic E-state index is 14.3. The van der Waals surface area contributed by atoms with Crippen molar-refractivity contribution in [1.29, 1.82) is 0 Å². The Labute approximate surface area is 154 Å². The molecule has 1 saturated heterocycles. The highest BCUT2D eigenvalue weighted by atomic mass is 19.1. The first-order chi connectivity index (χ1) is 12.6. The van der Waals surface area contributed by atoms with Crippen LogP contribution in [0.25, 0.3) is 0 Å². The molecule has 3 rings (SSSR count). The second-order valence-corrected chi connectivity index (χ2v) is 6.74. The summed E-state index contributed by atoms with van der Waals surface area (Å²) in [6.07, 6.45) is 2.16. The van der Waals surface area contributed by atoms with Gasteiger partial charge in [-0.3, -0.25) is 4.90 Å². The van der Waals surface area contributed by atoms with Gasteiger partial charge in [0.2, 0.25) is 0 Å². The molecule has 26 heavy (non-hydrogen) atoms. The Hall–Kier alpha value is -2.27. The fraction of sp³-hybridized carbons (Fsp3) is 0.429. The third-order valence-electron chi connectivity index (χ3n) is 5.00. The van der Waals surface area contributed by atoms with E-state index in [1.165, 1.54) is 18.7 Å². The maximum atomic E-state index is 14.3. The molecule has 1 aliphatic heterocycles. The highest BCUT2D eigenvalue weighted by molar-refractivity contribution is 5.43. The lowest BCUT2D eigenvalue weighted by atomic mass is 9.99. The lowest BCUT2D eigenvalue weighted by Crippen LogP contribution is -2.21. The minimum Gasteiger partial charge on any atom is -0.497 e. The largest absolute Gasteiger partial charge is 0.497 e. The smallest absolute Gasteiger partial charge is 0.163 e. The third kappa shape index (κ3) is 4.28. The number of benzene rings is 2. The molecule has 140 valence electrons. The first-order valence-corrected chi connectivity index (χ1v) is 8.88. The van der Waals surface area contributed by atoms with Crippen molar-refractivity contribution in [3.05, 3.63) is 53.3 Å². The molecular weight excluding hydrogens is 333 g/mol. The molecule has 1 aliphatic rings. The van der Waals surface area contributed by atoms with E-state index in [2.05, 4.69) is 17.0 Å². The van der Waals surface area contributed by atoms with Gasteiger partial charge >= 0.3 is 0 Å². The molecule has 0 amide bonds. The normalized spacial score (nSPS) is 17.3. The molecule has 1 atom stereocenters. The fourth-order valence-corrected chi connectivity index (χ4v) is 3.58. The van der Waals surface area contributed by atoms with Gasteiger partial charge in [0.15, 0.2) is 11.5 Å². The Bertz CT molecular complexity index is 733. The van der Waals surface area contributed by atoms with Gasteiger partial charge in [0.05, 0.1) is 21.3 Å². The molecule has 0 saturated carbocycles. The first-order valence-electron chi connectivity index (χ1n) is 8.88. The van der Waals surface area contributed by atoms with E-state index >= 15 is 0 Å². The van der Waals surface area contributed by atoms with E-state index in [4.69, 9.17) is 14.2 Å². The van der Waals surface area contributed by atoms with Gasteiger partial charge in [-0.25, -0.2) is 4.39 Å². The summed E-state index contributed by atoms with van der Waals surface area (Å²) in [6, 6.07) is 11.4. The molecule has 2 aromatic carbocycles. The first kappa shape index (κ1) is 18.5. The lowest BCUT2D eigenvalue weighted by molar-refractivity contribution is 0.307. The lowest BCUT2D eigenvalue weighted by Gasteiger charge is -2.18. The van der Waals surface area contributed by atoms with E-state index in [1.54, 1.807) is 20.3 Å². The van der Waals surface area contributed by atoms with Crippen molar-refractivity contribution in [2.45, 2.75) is 19.4 Å². The standard InChI is InChI=1S/C21H26FNO3/c1-24-18-6-4-15(5-7-18)10-16-8-9-23(13-16)14-17-11-20(25-2)21(26-3)12-19(17)22/h4-7,11-12,16H,8-10,13-14H2,1-3H3. The van der Waals surface area contributed by atoms with E-state index in [-0.39, 0.29) is 5.82 Å². The number of nitrogens with zero attached hydrogens (tertiary/aromatic N) is 1. The minimum absolute atomic E-state index is 0.249. The molecule has 0 bridgehead atoms. The van der Waals surface area contributed by atoms with Crippen molar-refractivity contribution in [2.75, 3.05) is 34.4 Å². The molecule has 0 aliphatic carbocycles. The van der Waals surface area contributed by atoms with Crippen molar-refractivity contribution >= 4 is 0 Å². The molecule has 0 aromatic heterocycles. The quantitative estimate of drug-likeness (QED) is 0.750. The van der Waals surface area contributed by atoms with Crippen LogP contribution >= 0.6 is 0 Å². The van der Waals surface area contributed by atoms with Crippen LogP contribution in [0.3, 0.4) is 0 Å². The van der Waals surface area contributed by atoms with E-state index in [0.717, 1.165) is 31.7 Å². The Morgan fingerprint density at radius 1 is 1.00 bits per heavy atom. The van der Waals surface area contributed by atoms with Gasteiger partial charge in [-0.2, -0.15) is 0 Å². The zero-order chi connectivity index (χ0) is 18.5. The maximum Gasteiger partial charge on any atom is 0.163 e. The topological polar surface area (TPSA) is 30.9 Å². The molecule has 4 nitrogen and oxygen atoms in total. The highest BCUT2D eigenvalue weighted by Crippen LogP contribution is 2.31. The SMILES string of the molecule is COc1ccc(CC2CCN(Cc3cc(OC)c(OC)cc3F)C2)cc1. The van der Waals surface area contributed by atoms with Crippen LogP contribution in [0.1, 0.15) is 17.5 Å². The Morgan fingerprint density at radius 2 is 1.69 bits per heavy atom. The van der Waals surface area contributed by atoms with Crippen molar-refractivity contribution < 1.29 is 18.6 Å². The predicted molar refractivity (Wildman–Crippen MR) is 99.6 cm³/mol. The highest BCUT2D eigenvalue weighted by Gasteiger charge is 2.24. The Kier molecular flexibility index (Phi) is 5.99. The van der Waals surface area contributed by atoms with Crippen LogP contribution in [0.4, 0.5) is 4.39 Å². The number of ether oxygens (including phenoxy) is 3. The number of likely N-dealkylation sites (tertiary alicyclic amines) is 1. The summed E-state index contributed by atoms with van der Waals surface area (Å²) in [5.74, 6) is 2.21. The molecule has 1 fully saturated rings. The van der Waals surface area contributed by atoms with E-state index < -0.39 is 0 Å². The average Bonchev–Trinajstić information content (AvgIpc) is 3.10. The van der Waals surface area contributed by atoms with Crippen LogP contribution < -0.4 is 14.2 Å². The number of rotatable bonds is 7. The van der Waals surface area contributed by atoms with Crippen LogP contribution in [0.5, 0.6) is 17.2 Å². The third-order valence-corrected chi connectivity index (χ3v) is 5.00. The summed E-state index contributed by atoms with van der Waals surface area (Å²) in [7, 11) is 4.76. The van der Waals surface area contributed by atoms with Crippen molar-refractivity contribution in [2.24, 2.45) is 5.92 Å². The van der Waals surface area contributed by atoms with Crippen molar-refractivity contribution in [1.82, 2.24) is 4.90 Å². The minimum atomic E-state index is -0.249. The number of hydrogen-bond donors (Lipinski definition) is 0. The fourth-order valence-electron chi connectivity index (χ4n) is 3.58. The summed E-state index contributed by atoms with van der Waals surface area (Å²) in [5, 5.41) is 0. The second-order valence-electron chi connectivity index (χ2n) is 6.74. The van der Waals surface area contributed by atoms with E-state index in [0.29, 0.717) is 29.5 Å². The van der Waals surface area contributed by atoms with Gasteiger partial charge in [0, 0.05) is 24.7 Å². The number of hydrogen-bond acceptors (Lipinski definition) is 4. The molecule has 1 heterocycles. The monoisotopic (exact) mass is 359 g/mol. The van der Waals surface area contributed by atoms with Crippen molar-refractivity contribution in [3.8, 4) is 17.2 Å². The van der Waals surface area contributed by atoms with Crippen LogP contribution in [0.15, 0.2) is 36.4 Å². The van der Waals surface area contributed by atoms with Crippen LogP contribution in [-0.4, -0.2) is 39.3 Å². The summed E-state index contributed by atoms with van der Waals surface area (Å²) >= 11 is 0. The van der Waals surface area contributed by atoms with Gasteiger partial charge in [0.1, 0.15) is 11.6 Å². The molecule has 2 aromatic rings. The summed E-state index contributed by atoms with van der Waals surface area (Å²) in [6.45, 7) is 2.54. The zero-order valence-electron chi connectivity index (χ0n) is 15.6. The number of halogens is 1. The van der Waals surface area contributed by atoms with Gasteiger partial charge in [-0.05, 0) is 49.1 Å². The van der Waals surface area contributed by atoms with Gasteiger partial charge in [0.25, 0.3) is 0 Å². The van der Waals surface area contributed by atoms with E-state index in [9.17, 15) is 4.39 Å². The molecule has 1 unspecified atom stereocenters. The molecule has 0 spiro atoms. The van der Waals surface area contributed by atoms with E-state index in [1.807, 2.05) is 12.1 Å². The van der Waals surface area contributed by atoms with Crippen LogP contribution in [0, 0.1) is 11.7 Å². The van der Waals surface area contributed by atoms with Crippen LogP contribution in [0.2, 0.25) is 0 Å². The molecule has 0 N–H and O–H groups in total. The summed E-state index contributed by atoms with van der Waals surface area (Å²) in [5.41, 5.74) is 1.96. The average molecular weight is 359 g/mol. The molecular formula is C21H26FNO3. The summed E-state index contributed by atoms with van der Waals surface area (Å²) < 4.78 is 30.0. The summed E-state index contributed by atoms with van der Waals surface area (Å²) in [4.78, 5) is 2.30. The van der Waals surface area contributed by atoms with Crippen molar-refractivity contribution in [3.63, 3.8) is 0 Å².